The van der Waals surface area contributed by atoms with Gasteiger partial charge in [0.15, 0.2) is 5.11 Å². The van der Waals surface area contributed by atoms with Crippen LogP contribution in [0.1, 0.15) is 19.4 Å². The maximum Gasteiger partial charge on any atom is 0.187 e. The zero-order valence-electron chi connectivity index (χ0n) is 17.0. The normalized spacial score (nSPS) is 11.3. The van der Waals surface area contributed by atoms with Crippen molar-refractivity contribution in [3.05, 3.63) is 90.5 Å². The molecule has 0 aliphatic carbocycles. The minimum Gasteiger partial charge on any atom is -0.359 e. The van der Waals surface area contributed by atoms with Gasteiger partial charge in [-0.3, -0.25) is 5.43 Å². The summed E-state index contributed by atoms with van der Waals surface area (Å²) in [5.41, 5.74) is 8.44. The molecule has 30 heavy (non-hydrogen) atoms. The molecule has 2 N–H and O–H groups in total. The molecule has 4 aromatic rings. The van der Waals surface area contributed by atoms with Crippen LogP contribution in [0.2, 0.25) is 0 Å². The summed E-state index contributed by atoms with van der Waals surface area (Å²) in [6, 6.07) is 29.5. The average molecular weight is 413 g/mol. The van der Waals surface area contributed by atoms with Gasteiger partial charge in [-0.25, -0.2) is 0 Å². The van der Waals surface area contributed by atoms with Crippen LogP contribution in [-0.2, 0) is 0 Å². The van der Waals surface area contributed by atoms with Crippen LogP contribution < -0.4 is 10.7 Å². The third-order valence-corrected chi connectivity index (χ3v) is 4.96. The third-order valence-electron chi connectivity index (χ3n) is 4.75. The minimum atomic E-state index is 0.250. The van der Waals surface area contributed by atoms with Gasteiger partial charge in [-0.05, 0) is 49.8 Å². The number of thiocarbonyl (C=S) groups is 1. The van der Waals surface area contributed by atoms with E-state index in [2.05, 4.69) is 93.2 Å². The highest BCUT2D eigenvalue weighted by Gasteiger charge is 2.18. The number of rotatable bonds is 5. The van der Waals surface area contributed by atoms with Crippen LogP contribution in [0.25, 0.3) is 27.8 Å². The lowest BCUT2D eigenvalue weighted by atomic mass is 10.1. The predicted octanol–water partition coefficient (Wildman–Crippen LogP) is 5.50. The summed E-state index contributed by atoms with van der Waals surface area (Å²) in [7, 11) is 0. The van der Waals surface area contributed by atoms with E-state index in [-0.39, 0.29) is 6.04 Å². The first-order valence-electron chi connectivity index (χ1n) is 9.99. The van der Waals surface area contributed by atoms with E-state index in [1.54, 1.807) is 0 Å². The van der Waals surface area contributed by atoms with E-state index in [0.717, 1.165) is 33.4 Å². The Kier molecular flexibility index (Phi) is 5.91. The Balaban J connectivity index is 1.90. The number of benzene rings is 3. The van der Waals surface area contributed by atoms with Crippen molar-refractivity contribution in [2.45, 2.75) is 19.9 Å². The fraction of sp³-hybridized carbons (Fsp3) is 0.120. The average Bonchev–Trinajstić information content (AvgIpc) is 3.09. The van der Waals surface area contributed by atoms with E-state index >= 15 is 0 Å². The molecule has 0 saturated carbocycles. The number of aromatic nitrogens is 1. The van der Waals surface area contributed by atoms with Crippen LogP contribution in [0, 0.1) is 0 Å². The fourth-order valence-corrected chi connectivity index (χ4v) is 3.86. The molecule has 0 aliphatic heterocycles. The van der Waals surface area contributed by atoms with Crippen molar-refractivity contribution in [1.29, 1.82) is 0 Å². The molecule has 3 aromatic carbocycles. The Bertz CT molecular complexity index is 1180. The summed E-state index contributed by atoms with van der Waals surface area (Å²) in [6.45, 7) is 4.08. The van der Waals surface area contributed by atoms with E-state index < -0.39 is 0 Å². The van der Waals surface area contributed by atoms with Crippen LogP contribution in [0.15, 0.2) is 90.0 Å². The van der Waals surface area contributed by atoms with Gasteiger partial charge < -0.3 is 9.88 Å². The summed E-state index contributed by atoms with van der Waals surface area (Å²) in [4.78, 5) is 0. The van der Waals surface area contributed by atoms with Crippen molar-refractivity contribution in [2.24, 2.45) is 5.10 Å². The van der Waals surface area contributed by atoms with Crippen molar-refractivity contribution >= 4 is 34.4 Å². The first-order chi connectivity index (χ1) is 14.6. The molecule has 1 heterocycles. The number of hydrogen-bond acceptors (Lipinski definition) is 2. The van der Waals surface area contributed by atoms with Crippen molar-refractivity contribution in [3.63, 3.8) is 0 Å². The van der Waals surface area contributed by atoms with Crippen LogP contribution in [0.5, 0.6) is 0 Å². The predicted molar refractivity (Wildman–Crippen MR) is 130 cm³/mol. The van der Waals surface area contributed by atoms with Gasteiger partial charge in [-0.15, -0.1) is 0 Å². The van der Waals surface area contributed by atoms with Crippen LogP contribution in [0.3, 0.4) is 0 Å². The van der Waals surface area contributed by atoms with Crippen molar-refractivity contribution < 1.29 is 0 Å². The fourth-order valence-electron chi connectivity index (χ4n) is 3.57. The van der Waals surface area contributed by atoms with Gasteiger partial charge in [-0.1, -0.05) is 66.7 Å². The summed E-state index contributed by atoms with van der Waals surface area (Å²) in [5.74, 6) is 0. The van der Waals surface area contributed by atoms with Crippen LogP contribution >= 0.6 is 12.2 Å². The largest absolute Gasteiger partial charge is 0.359 e. The van der Waals surface area contributed by atoms with Gasteiger partial charge >= 0.3 is 0 Å². The van der Waals surface area contributed by atoms with E-state index in [9.17, 15) is 0 Å². The standard InChI is InChI=1S/C25H24N4S/c1-18(2)27-25(30)28-26-17-22-21-15-9-10-16-23(21)29(20-13-7-4-8-14-20)24(22)19-11-5-3-6-12-19/h3-18H,1-2H3,(H2,27,28,30)/b26-17-. The van der Waals surface area contributed by atoms with Gasteiger partial charge in [0.05, 0.1) is 17.4 Å². The Morgan fingerprint density at radius 3 is 2.23 bits per heavy atom. The highest BCUT2D eigenvalue weighted by Crippen LogP contribution is 2.35. The molecular formula is C25H24N4S. The van der Waals surface area contributed by atoms with E-state index in [1.165, 1.54) is 0 Å². The molecule has 0 amide bonds. The lowest BCUT2D eigenvalue weighted by Crippen LogP contribution is -2.36. The number of fused-ring (bicyclic) bond motifs is 1. The molecule has 0 unspecified atom stereocenters. The highest BCUT2D eigenvalue weighted by molar-refractivity contribution is 7.80. The topological polar surface area (TPSA) is 41.4 Å². The van der Waals surface area contributed by atoms with Crippen LogP contribution in [-0.4, -0.2) is 21.9 Å². The SMILES string of the molecule is CC(C)NC(=S)N/N=C\c1c(-c2ccccc2)n(-c2ccccc2)c2ccccc12. The second-order valence-electron chi connectivity index (χ2n) is 7.31. The zero-order chi connectivity index (χ0) is 20.9. The number of nitrogens with one attached hydrogen (secondary N) is 2. The molecule has 0 atom stereocenters. The summed E-state index contributed by atoms with van der Waals surface area (Å²) < 4.78 is 2.29. The van der Waals surface area contributed by atoms with Crippen LogP contribution in [0.4, 0.5) is 0 Å². The molecule has 1 aromatic heterocycles. The van der Waals surface area contributed by atoms with Crippen molar-refractivity contribution in [2.75, 3.05) is 0 Å². The second-order valence-corrected chi connectivity index (χ2v) is 7.72. The zero-order valence-corrected chi connectivity index (χ0v) is 17.9. The Morgan fingerprint density at radius 1 is 0.900 bits per heavy atom. The number of nitrogens with zero attached hydrogens (tertiary/aromatic N) is 2. The molecule has 4 rings (SSSR count). The Labute approximate surface area is 182 Å². The monoisotopic (exact) mass is 412 g/mol. The lowest BCUT2D eigenvalue weighted by molar-refractivity contribution is 0.720. The number of hydrazone groups is 1. The van der Waals surface area contributed by atoms with E-state index in [4.69, 9.17) is 12.2 Å². The summed E-state index contributed by atoms with van der Waals surface area (Å²) in [6.07, 6.45) is 1.86. The molecule has 0 aliphatic rings. The maximum absolute atomic E-state index is 5.31. The lowest BCUT2D eigenvalue weighted by Gasteiger charge is -2.12. The van der Waals surface area contributed by atoms with Gasteiger partial charge in [0.1, 0.15) is 0 Å². The molecule has 150 valence electrons. The third kappa shape index (κ3) is 4.11. The summed E-state index contributed by atoms with van der Waals surface area (Å²) in [5, 5.41) is 9.23. The number of para-hydroxylation sites is 2. The molecule has 0 radical (unpaired) electrons. The van der Waals surface area contributed by atoms with Gasteiger partial charge in [0.25, 0.3) is 0 Å². The molecule has 0 spiro atoms. The van der Waals surface area contributed by atoms with Gasteiger partial charge in [0.2, 0.25) is 0 Å². The quantitative estimate of drug-likeness (QED) is 0.258. The van der Waals surface area contributed by atoms with Gasteiger partial charge in [-0.2, -0.15) is 5.10 Å². The Hall–Kier alpha value is -3.44. The Morgan fingerprint density at radius 2 is 1.53 bits per heavy atom. The molecule has 0 bridgehead atoms. The minimum absolute atomic E-state index is 0.250. The number of hydrogen-bond donors (Lipinski definition) is 2. The molecule has 0 saturated heterocycles. The maximum atomic E-state index is 5.31. The molecule has 4 nitrogen and oxygen atoms in total. The van der Waals surface area contributed by atoms with Crippen molar-refractivity contribution in [1.82, 2.24) is 15.3 Å². The molecular weight excluding hydrogens is 388 g/mol. The van der Waals surface area contributed by atoms with E-state index in [0.29, 0.717) is 5.11 Å². The smallest absolute Gasteiger partial charge is 0.187 e. The van der Waals surface area contributed by atoms with E-state index in [1.807, 2.05) is 32.2 Å². The first-order valence-corrected chi connectivity index (χ1v) is 10.4. The van der Waals surface area contributed by atoms with Crippen molar-refractivity contribution in [3.8, 4) is 16.9 Å². The second kappa shape index (κ2) is 8.93. The van der Waals surface area contributed by atoms with Gasteiger partial charge in [0, 0.05) is 22.7 Å². The molecule has 5 heteroatoms. The first kappa shape index (κ1) is 19.9. The summed E-state index contributed by atoms with van der Waals surface area (Å²) >= 11 is 5.31. The highest BCUT2D eigenvalue weighted by atomic mass is 32.1. The molecule has 0 fully saturated rings.